The molecule has 1 aromatic carbocycles. The fourth-order valence-electron chi connectivity index (χ4n) is 3.38. The van der Waals surface area contributed by atoms with Gasteiger partial charge in [-0.1, -0.05) is 17.7 Å². The van der Waals surface area contributed by atoms with E-state index in [9.17, 15) is 4.79 Å². The zero-order valence-electron chi connectivity index (χ0n) is 15.6. The van der Waals surface area contributed by atoms with Crippen LogP contribution in [0.4, 0.5) is 22.1 Å². The molecule has 0 radical (unpaired) electrons. The van der Waals surface area contributed by atoms with Crippen LogP contribution in [0.5, 0.6) is 0 Å². The molecule has 2 fully saturated rings. The summed E-state index contributed by atoms with van der Waals surface area (Å²) in [4.78, 5) is 27.5. The third-order valence-corrected chi connectivity index (χ3v) is 5.18. The van der Waals surface area contributed by atoms with Crippen molar-refractivity contribution < 1.29 is 9.53 Å². The van der Waals surface area contributed by atoms with Crippen LogP contribution in [0.25, 0.3) is 0 Å². The predicted octanol–water partition coefficient (Wildman–Crippen LogP) is 2.32. The molecule has 4 rings (SSSR count). The molecule has 2 saturated heterocycles. The number of morpholine rings is 1. The van der Waals surface area contributed by atoms with E-state index in [4.69, 9.17) is 16.3 Å². The van der Waals surface area contributed by atoms with Crippen LogP contribution in [0, 0.1) is 0 Å². The topological polar surface area (TPSA) is 73.8 Å². The van der Waals surface area contributed by atoms with Crippen molar-refractivity contribution in [3.63, 3.8) is 0 Å². The van der Waals surface area contributed by atoms with E-state index in [-0.39, 0.29) is 6.03 Å². The van der Waals surface area contributed by atoms with E-state index in [1.807, 2.05) is 23.1 Å². The Kier molecular flexibility index (Phi) is 5.78. The molecule has 2 aliphatic heterocycles. The van der Waals surface area contributed by atoms with E-state index in [2.05, 4.69) is 25.1 Å². The molecule has 2 aliphatic rings. The van der Waals surface area contributed by atoms with Gasteiger partial charge in [0.1, 0.15) is 18.0 Å². The van der Waals surface area contributed by atoms with Crippen molar-refractivity contribution in [2.24, 2.45) is 0 Å². The van der Waals surface area contributed by atoms with Gasteiger partial charge >= 0.3 is 6.03 Å². The number of halogens is 1. The highest BCUT2D eigenvalue weighted by atomic mass is 35.5. The van der Waals surface area contributed by atoms with Crippen LogP contribution < -0.4 is 15.1 Å². The van der Waals surface area contributed by atoms with Crippen LogP contribution in [0.3, 0.4) is 0 Å². The number of benzene rings is 1. The van der Waals surface area contributed by atoms with Gasteiger partial charge in [0.25, 0.3) is 0 Å². The van der Waals surface area contributed by atoms with Gasteiger partial charge in [0, 0.05) is 56.0 Å². The first-order valence-corrected chi connectivity index (χ1v) is 9.78. The molecule has 1 aromatic heterocycles. The lowest BCUT2D eigenvalue weighted by Crippen LogP contribution is -2.50. The Morgan fingerprint density at radius 2 is 1.64 bits per heavy atom. The number of nitrogens with one attached hydrogen (secondary N) is 1. The van der Waals surface area contributed by atoms with Gasteiger partial charge < -0.3 is 24.8 Å². The Bertz CT molecular complexity index is 822. The molecule has 3 heterocycles. The van der Waals surface area contributed by atoms with Crippen LogP contribution in [0.2, 0.25) is 5.02 Å². The quantitative estimate of drug-likeness (QED) is 0.849. The minimum atomic E-state index is -0.112. The van der Waals surface area contributed by atoms with Crippen LogP contribution in [0.1, 0.15) is 0 Å². The fraction of sp³-hybridized carbons (Fsp3) is 0.421. The van der Waals surface area contributed by atoms with E-state index in [1.54, 1.807) is 18.5 Å². The summed E-state index contributed by atoms with van der Waals surface area (Å²) in [5, 5.41) is 3.50. The summed E-state index contributed by atoms with van der Waals surface area (Å²) < 4.78 is 5.40. The highest BCUT2D eigenvalue weighted by Gasteiger charge is 2.23. The van der Waals surface area contributed by atoms with Crippen LogP contribution in [-0.2, 0) is 4.74 Å². The Morgan fingerprint density at radius 3 is 2.32 bits per heavy atom. The first-order chi connectivity index (χ1) is 13.7. The molecule has 28 heavy (non-hydrogen) atoms. The summed E-state index contributed by atoms with van der Waals surface area (Å²) in [5.74, 6) is 1.82. The number of nitrogens with zero attached hydrogens (tertiary/aromatic N) is 5. The number of aromatic nitrogens is 2. The van der Waals surface area contributed by atoms with Crippen molar-refractivity contribution >= 4 is 35.0 Å². The largest absolute Gasteiger partial charge is 0.378 e. The van der Waals surface area contributed by atoms with Gasteiger partial charge in [-0.15, -0.1) is 0 Å². The number of urea groups is 1. The van der Waals surface area contributed by atoms with E-state index < -0.39 is 0 Å². The van der Waals surface area contributed by atoms with Gasteiger partial charge in [0.05, 0.1) is 13.2 Å². The molecular weight excluding hydrogens is 380 g/mol. The lowest BCUT2D eigenvalue weighted by atomic mass is 10.3. The number of hydrogen-bond acceptors (Lipinski definition) is 6. The molecule has 148 valence electrons. The van der Waals surface area contributed by atoms with Gasteiger partial charge in [-0.25, -0.2) is 14.8 Å². The standard InChI is InChI=1S/C19H23ClN6O2/c20-15-2-1-3-16(12-15)23-19(27)26-6-4-24(5-7-26)17-13-18(22-14-21-17)25-8-10-28-11-9-25/h1-3,12-14H,4-11H2,(H,23,27). The first kappa shape index (κ1) is 18.8. The molecule has 0 saturated carbocycles. The van der Waals surface area contributed by atoms with Gasteiger partial charge in [0.15, 0.2) is 0 Å². The third kappa shape index (κ3) is 4.45. The second kappa shape index (κ2) is 8.62. The summed E-state index contributed by atoms with van der Waals surface area (Å²) in [6.07, 6.45) is 1.61. The molecule has 9 heteroatoms. The summed E-state index contributed by atoms with van der Waals surface area (Å²) >= 11 is 5.98. The Balaban J connectivity index is 1.34. The molecule has 0 spiro atoms. The number of hydrogen-bond donors (Lipinski definition) is 1. The Hall–Kier alpha value is -2.58. The highest BCUT2D eigenvalue weighted by molar-refractivity contribution is 6.30. The molecule has 1 N–H and O–H groups in total. The minimum Gasteiger partial charge on any atom is -0.378 e. The van der Waals surface area contributed by atoms with Crippen molar-refractivity contribution in [2.45, 2.75) is 0 Å². The molecule has 0 atom stereocenters. The average molecular weight is 403 g/mol. The summed E-state index contributed by atoms with van der Waals surface area (Å²) in [6.45, 7) is 5.83. The van der Waals surface area contributed by atoms with E-state index >= 15 is 0 Å². The maximum absolute atomic E-state index is 12.5. The number of piperazine rings is 1. The number of carbonyl (C=O) groups excluding carboxylic acids is 1. The average Bonchev–Trinajstić information content (AvgIpc) is 2.75. The van der Waals surface area contributed by atoms with E-state index in [0.717, 1.165) is 51.0 Å². The Labute approximate surface area is 169 Å². The lowest BCUT2D eigenvalue weighted by molar-refractivity contribution is 0.122. The third-order valence-electron chi connectivity index (χ3n) is 4.94. The van der Waals surface area contributed by atoms with Gasteiger partial charge in [0.2, 0.25) is 0 Å². The number of carbonyl (C=O) groups is 1. The number of anilines is 3. The maximum Gasteiger partial charge on any atom is 0.321 e. The van der Waals surface area contributed by atoms with Gasteiger partial charge in [-0.05, 0) is 18.2 Å². The zero-order chi connectivity index (χ0) is 19.3. The van der Waals surface area contributed by atoms with Crippen molar-refractivity contribution in [1.82, 2.24) is 14.9 Å². The predicted molar refractivity (Wildman–Crippen MR) is 109 cm³/mol. The molecule has 0 aliphatic carbocycles. The Morgan fingerprint density at radius 1 is 0.964 bits per heavy atom. The van der Waals surface area contributed by atoms with Crippen molar-refractivity contribution in [2.75, 3.05) is 67.6 Å². The minimum absolute atomic E-state index is 0.112. The second-order valence-corrected chi connectivity index (χ2v) is 7.18. The number of amides is 2. The maximum atomic E-state index is 12.5. The van der Waals surface area contributed by atoms with Gasteiger partial charge in [-0.3, -0.25) is 0 Å². The summed E-state index contributed by atoms with van der Waals surface area (Å²) in [7, 11) is 0. The van der Waals surface area contributed by atoms with E-state index in [0.29, 0.717) is 23.8 Å². The molecular formula is C19H23ClN6O2. The summed E-state index contributed by atoms with van der Waals surface area (Å²) in [5.41, 5.74) is 0.700. The van der Waals surface area contributed by atoms with Crippen LogP contribution in [-0.4, -0.2) is 73.4 Å². The van der Waals surface area contributed by atoms with Crippen molar-refractivity contribution in [1.29, 1.82) is 0 Å². The first-order valence-electron chi connectivity index (χ1n) is 9.40. The fourth-order valence-corrected chi connectivity index (χ4v) is 3.57. The highest BCUT2D eigenvalue weighted by Crippen LogP contribution is 2.20. The molecule has 8 nitrogen and oxygen atoms in total. The SMILES string of the molecule is O=C(Nc1cccc(Cl)c1)N1CCN(c2cc(N3CCOCC3)ncn2)CC1. The zero-order valence-corrected chi connectivity index (χ0v) is 16.3. The van der Waals surface area contributed by atoms with Crippen LogP contribution in [0.15, 0.2) is 36.7 Å². The molecule has 2 amide bonds. The lowest BCUT2D eigenvalue weighted by Gasteiger charge is -2.36. The van der Waals surface area contributed by atoms with E-state index in [1.165, 1.54) is 0 Å². The molecule has 0 unspecified atom stereocenters. The van der Waals surface area contributed by atoms with Gasteiger partial charge in [-0.2, -0.15) is 0 Å². The number of rotatable bonds is 3. The smallest absolute Gasteiger partial charge is 0.321 e. The van der Waals surface area contributed by atoms with Crippen molar-refractivity contribution in [3.05, 3.63) is 41.7 Å². The monoisotopic (exact) mass is 402 g/mol. The molecule has 0 bridgehead atoms. The molecule has 2 aromatic rings. The normalized spacial score (nSPS) is 17.5. The second-order valence-electron chi connectivity index (χ2n) is 6.75. The van der Waals surface area contributed by atoms with Crippen LogP contribution >= 0.6 is 11.6 Å². The summed E-state index contributed by atoms with van der Waals surface area (Å²) in [6, 6.07) is 9.07. The number of ether oxygens (including phenoxy) is 1. The van der Waals surface area contributed by atoms with Crippen molar-refractivity contribution in [3.8, 4) is 0 Å².